The summed E-state index contributed by atoms with van der Waals surface area (Å²) >= 11 is 1.44. The lowest BCUT2D eigenvalue weighted by Crippen LogP contribution is -2.37. The number of rotatable bonds is 7. The highest BCUT2D eigenvalue weighted by Gasteiger charge is 2.29. The highest BCUT2D eigenvalue weighted by Crippen LogP contribution is 2.37. The molecule has 0 N–H and O–H groups in total. The molecule has 0 spiro atoms. The van der Waals surface area contributed by atoms with E-state index in [0.29, 0.717) is 42.0 Å². The molecule has 4 aromatic rings. The van der Waals surface area contributed by atoms with Crippen LogP contribution < -0.4 is 9.64 Å². The van der Waals surface area contributed by atoms with Gasteiger partial charge in [0.15, 0.2) is 5.13 Å². The van der Waals surface area contributed by atoms with E-state index in [-0.39, 0.29) is 10.8 Å². The van der Waals surface area contributed by atoms with Crippen LogP contribution in [-0.4, -0.2) is 43.8 Å². The monoisotopic (exact) mass is 549 g/mol. The van der Waals surface area contributed by atoms with Gasteiger partial charge in [-0.2, -0.15) is 4.31 Å². The smallest absolute Gasteiger partial charge is 0.260 e. The number of sulfonamides is 1. The van der Waals surface area contributed by atoms with Gasteiger partial charge in [-0.05, 0) is 67.1 Å². The maximum Gasteiger partial charge on any atom is 0.260 e. The topological polar surface area (TPSA) is 79.8 Å². The Hall–Kier alpha value is -3.27. The molecule has 0 saturated carbocycles. The first kappa shape index (κ1) is 26.3. The third-order valence-electron chi connectivity index (χ3n) is 7.05. The minimum atomic E-state index is -3.59. The van der Waals surface area contributed by atoms with E-state index in [4.69, 9.17) is 9.72 Å². The molecule has 3 aromatic carbocycles. The van der Waals surface area contributed by atoms with Crippen molar-refractivity contribution in [3.8, 4) is 5.75 Å². The first-order valence-corrected chi connectivity index (χ1v) is 14.9. The zero-order chi connectivity index (χ0) is 26.9. The van der Waals surface area contributed by atoms with Crippen LogP contribution in [0.3, 0.4) is 0 Å². The van der Waals surface area contributed by atoms with E-state index in [1.807, 2.05) is 49.4 Å². The average Bonchev–Trinajstić information content (AvgIpc) is 3.39. The molecular weight excluding hydrogens is 518 g/mol. The molecule has 198 valence electrons. The van der Waals surface area contributed by atoms with Crippen molar-refractivity contribution in [2.75, 3.05) is 25.1 Å². The number of ether oxygens (including phenoxy) is 1. The lowest BCUT2D eigenvalue weighted by molar-refractivity contribution is 0.0985. The van der Waals surface area contributed by atoms with Crippen LogP contribution in [0.25, 0.3) is 10.2 Å². The maximum absolute atomic E-state index is 13.9. The fourth-order valence-corrected chi connectivity index (χ4v) is 7.19. The van der Waals surface area contributed by atoms with Crippen molar-refractivity contribution < 1.29 is 17.9 Å². The van der Waals surface area contributed by atoms with E-state index in [0.717, 1.165) is 34.2 Å². The van der Waals surface area contributed by atoms with Gasteiger partial charge < -0.3 is 4.74 Å². The Kier molecular flexibility index (Phi) is 7.52. The summed E-state index contributed by atoms with van der Waals surface area (Å²) in [4.78, 5) is 20.5. The Morgan fingerprint density at radius 2 is 1.74 bits per heavy atom. The van der Waals surface area contributed by atoms with Crippen molar-refractivity contribution in [3.63, 3.8) is 0 Å². The predicted molar refractivity (Wildman–Crippen MR) is 151 cm³/mol. The van der Waals surface area contributed by atoms with Crippen LogP contribution in [0.5, 0.6) is 5.75 Å². The number of hydrogen-bond donors (Lipinski definition) is 0. The number of benzene rings is 3. The van der Waals surface area contributed by atoms with Crippen molar-refractivity contribution in [3.05, 3.63) is 83.4 Å². The molecule has 0 unspecified atom stereocenters. The molecule has 2 heterocycles. The lowest BCUT2D eigenvalue weighted by Gasteiger charge is -2.29. The van der Waals surface area contributed by atoms with Gasteiger partial charge >= 0.3 is 0 Å². The Morgan fingerprint density at radius 3 is 2.39 bits per heavy atom. The molecule has 0 aliphatic carbocycles. The van der Waals surface area contributed by atoms with Gasteiger partial charge in [-0.1, -0.05) is 54.7 Å². The number of amides is 1. The zero-order valence-corrected chi connectivity index (χ0v) is 23.4. The summed E-state index contributed by atoms with van der Waals surface area (Å²) in [6.45, 7) is 5.53. The number of carbonyl (C=O) groups is 1. The van der Waals surface area contributed by atoms with E-state index in [1.54, 1.807) is 28.4 Å². The Balaban J connectivity index is 1.48. The first-order chi connectivity index (χ1) is 18.3. The SMILES string of the molecule is COc1ccc(C)c2sc(N(Cc3ccccc3)C(=O)c3ccc(S(=O)(=O)N4CCC(C)CC4)cc3)nc12. The van der Waals surface area contributed by atoms with E-state index in [1.165, 1.54) is 23.5 Å². The van der Waals surface area contributed by atoms with Crippen LogP contribution in [0.1, 0.15) is 41.3 Å². The molecule has 1 fully saturated rings. The Bertz CT molecular complexity index is 1540. The maximum atomic E-state index is 13.9. The van der Waals surface area contributed by atoms with Crippen molar-refractivity contribution in [1.29, 1.82) is 0 Å². The van der Waals surface area contributed by atoms with Crippen LogP contribution >= 0.6 is 11.3 Å². The molecule has 1 amide bonds. The number of aromatic nitrogens is 1. The van der Waals surface area contributed by atoms with Gasteiger partial charge in [0.05, 0.1) is 23.2 Å². The van der Waals surface area contributed by atoms with E-state index in [2.05, 4.69) is 6.92 Å². The van der Waals surface area contributed by atoms with Crippen LogP contribution in [0, 0.1) is 12.8 Å². The molecule has 1 aliphatic heterocycles. The standard InChI is InChI=1S/C29H31N3O4S2/c1-20-15-17-31(18-16-20)38(34,35)24-12-10-23(11-13-24)28(33)32(19-22-7-5-4-6-8-22)29-30-26-25(36-3)14-9-21(2)27(26)37-29/h4-14,20H,15-19H2,1-3H3. The van der Waals surface area contributed by atoms with Gasteiger partial charge in [0.1, 0.15) is 11.3 Å². The summed E-state index contributed by atoms with van der Waals surface area (Å²) in [6.07, 6.45) is 1.72. The zero-order valence-electron chi connectivity index (χ0n) is 21.8. The summed E-state index contributed by atoms with van der Waals surface area (Å²) in [6, 6.07) is 19.9. The van der Waals surface area contributed by atoms with Crippen molar-refractivity contribution in [2.45, 2.75) is 38.1 Å². The second-order valence-corrected chi connectivity index (χ2v) is 12.7. The van der Waals surface area contributed by atoms with E-state index < -0.39 is 10.0 Å². The molecule has 0 bridgehead atoms. The minimum Gasteiger partial charge on any atom is -0.494 e. The lowest BCUT2D eigenvalue weighted by atomic mass is 10.0. The number of piperidine rings is 1. The fourth-order valence-electron chi connectivity index (χ4n) is 4.67. The van der Waals surface area contributed by atoms with Gasteiger partial charge in [0.25, 0.3) is 5.91 Å². The molecule has 5 rings (SSSR count). The summed E-state index contributed by atoms with van der Waals surface area (Å²) in [5.74, 6) is 0.936. The van der Waals surface area contributed by atoms with Crippen molar-refractivity contribution in [2.24, 2.45) is 5.92 Å². The van der Waals surface area contributed by atoms with Crippen LogP contribution in [0.4, 0.5) is 5.13 Å². The number of nitrogens with zero attached hydrogens (tertiary/aromatic N) is 3. The van der Waals surface area contributed by atoms with Gasteiger partial charge in [0.2, 0.25) is 10.0 Å². The van der Waals surface area contributed by atoms with Gasteiger partial charge in [-0.15, -0.1) is 0 Å². The highest BCUT2D eigenvalue weighted by molar-refractivity contribution is 7.89. The number of fused-ring (bicyclic) bond motifs is 1. The number of carbonyl (C=O) groups excluding carboxylic acids is 1. The van der Waals surface area contributed by atoms with Gasteiger partial charge in [-0.3, -0.25) is 9.69 Å². The van der Waals surface area contributed by atoms with Crippen LogP contribution in [-0.2, 0) is 16.6 Å². The van der Waals surface area contributed by atoms with Crippen LogP contribution in [0.15, 0.2) is 71.6 Å². The second kappa shape index (κ2) is 10.8. The molecule has 1 aliphatic rings. The molecule has 1 aromatic heterocycles. The Morgan fingerprint density at radius 1 is 1.05 bits per heavy atom. The van der Waals surface area contributed by atoms with E-state index in [9.17, 15) is 13.2 Å². The number of anilines is 1. The Labute approximate surface area is 227 Å². The molecular formula is C29H31N3O4S2. The summed E-state index contributed by atoms with van der Waals surface area (Å²) in [5, 5.41) is 0.556. The second-order valence-electron chi connectivity index (χ2n) is 9.75. The number of hydrogen-bond acceptors (Lipinski definition) is 6. The molecule has 9 heteroatoms. The fraction of sp³-hybridized carbons (Fsp3) is 0.310. The number of aryl methyl sites for hydroxylation is 1. The predicted octanol–water partition coefficient (Wildman–Crippen LogP) is 5.88. The molecule has 1 saturated heterocycles. The third-order valence-corrected chi connectivity index (χ3v) is 10.2. The quantitative estimate of drug-likeness (QED) is 0.288. The van der Waals surface area contributed by atoms with Crippen molar-refractivity contribution in [1.82, 2.24) is 9.29 Å². The van der Waals surface area contributed by atoms with E-state index >= 15 is 0 Å². The molecule has 0 radical (unpaired) electrons. The normalized spacial score (nSPS) is 15.0. The van der Waals surface area contributed by atoms with Gasteiger partial charge in [-0.25, -0.2) is 13.4 Å². The average molecular weight is 550 g/mol. The van der Waals surface area contributed by atoms with Gasteiger partial charge in [0, 0.05) is 18.7 Å². The summed E-state index contributed by atoms with van der Waals surface area (Å²) in [5.41, 5.74) is 3.13. The molecule has 7 nitrogen and oxygen atoms in total. The number of thiazole rings is 1. The third kappa shape index (κ3) is 5.18. The van der Waals surface area contributed by atoms with Crippen molar-refractivity contribution >= 4 is 42.6 Å². The molecule has 0 atom stereocenters. The van der Waals surface area contributed by atoms with Crippen LogP contribution in [0.2, 0.25) is 0 Å². The first-order valence-electron chi connectivity index (χ1n) is 12.7. The molecule has 38 heavy (non-hydrogen) atoms. The highest BCUT2D eigenvalue weighted by atomic mass is 32.2. The summed E-state index contributed by atoms with van der Waals surface area (Å²) < 4.78 is 34.4. The number of methoxy groups -OCH3 is 1. The minimum absolute atomic E-state index is 0.207. The largest absolute Gasteiger partial charge is 0.494 e. The summed E-state index contributed by atoms with van der Waals surface area (Å²) in [7, 11) is -1.99.